The van der Waals surface area contributed by atoms with Crippen LogP contribution in [0, 0.1) is 11.6 Å². The molecule has 0 bridgehead atoms. The van der Waals surface area contributed by atoms with Crippen LogP contribution in [0.4, 0.5) is 8.78 Å². The van der Waals surface area contributed by atoms with Gasteiger partial charge in [0.05, 0.1) is 12.4 Å². The SMILES string of the molecule is COCCN(CC(=O)O)C(=O)CSc1ccc(F)c(F)c1. The normalized spacial score (nSPS) is 10.4. The van der Waals surface area contributed by atoms with Crippen LogP contribution in [-0.4, -0.2) is 54.4 Å². The maximum Gasteiger partial charge on any atom is 0.323 e. The average molecular weight is 319 g/mol. The van der Waals surface area contributed by atoms with Gasteiger partial charge in [0, 0.05) is 18.6 Å². The third-order valence-corrected chi connectivity index (χ3v) is 3.48. The number of benzene rings is 1. The Morgan fingerprint density at radius 3 is 2.62 bits per heavy atom. The minimum absolute atomic E-state index is 0.0674. The first kappa shape index (κ1) is 17.4. The molecule has 5 nitrogen and oxygen atoms in total. The Kier molecular flexibility index (Phi) is 7.10. The lowest BCUT2D eigenvalue weighted by Gasteiger charge is -2.20. The fourth-order valence-electron chi connectivity index (χ4n) is 1.46. The fourth-order valence-corrected chi connectivity index (χ4v) is 2.28. The molecule has 21 heavy (non-hydrogen) atoms. The van der Waals surface area contributed by atoms with Crippen molar-refractivity contribution in [2.45, 2.75) is 4.90 Å². The number of hydrogen-bond acceptors (Lipinski definition) is 4. The van der Waals surface area contributed by atoms with E-state index in [1.54, 1.807) is 0 Å². The lowest BCUT2D eigenvalue weighted by atomic mass is 10.3. The monoisotopic (exact) mass is 319 g/mol. The molecule has 1 aromatic carbocycles. The van der Waals surface area contributed by atoms with Crippen molar-refractivity contribution in [2.75, 3.05) is 32.6 Å². The lowest BCUT2D eigenvalue weighted by molar-refractivity contribution is -0.143. The van der Waals surface area contributed by atoms with Gasteiger partial charge >= 0.3 is 5.97 Å². The molecule has 0 saturated carbocycles. The summed E-state index contributed by atoms with van der Waals surface area (Å²) in [4.78, 5) is 24.2. The molecule has 1 amide bonds. The molecule has 0 spiro atoms. The van der Waals surface area contributed by atoms with Gasteiger partial charge < -0.3 is 14.7 Å². The van der Waals surface area contributed by atoms with E-state index in [-0.39, 0.29) is 18.9 Å². The van der Waals surface area contributed by atoms with Crippen LogP contribution >= 0.6 is 11.8 Å². The Labute approximate surface area is 124 Å². The van der Waals surface area contributed by atoms with Gasteiger partial charge in [-0.2, -0.15) is 0 Å². The second-order valence-electron chi connectivity index (χ2n) is 4.07. The number of carbonyl (C=O) groups is 2. The highest BCUT2D eigenvalue weighted by atomic mass is 32.2. The first-order valence-corrected chi connectivity index (χ1v) is 6.99. The zero-order valence-corrected chi connectivity index (χ0v) is 12.2. The van der Waals surface area contributed by atoms with Crippen molar-refractivity contribution < 1.29 is 28.2 Å². The van der Waals surface area contributed by atoms with Gasteiger partial charge in [0.25, 0.3) is 0 Å². The van der Waals surface area contributed by atoms with Crippen LogP contribution in [0.3, 0.4) is 0 Å². The van der Waals surface area contributed by atoms with E-state index in [9.17, 15) is 18.4 Å². The number of methoxy groups -OCH3 is 1. The number of ether oxygens (including phenoxy) is 1. The summed E-state index contributed by atoms with van der Waals surface area (Å²) in [7, 11) is 1.44. The summed E-state index contributed by atoms with van der Waals surface area (Å²) in [5.41, 5.74) is 0. The van der Waals surface area contributed by atoms with E-state index in [1.165, 1.54) is 13.2 Å². The summed E-state index contributed by atoms with van der Waals surface area (Å²) in [5.74, 6) is -3.56. The van der Waals surface area contributed by atoms with Crippen molar-refractivity contribution in [1.82, 2.24) is 4.90 Å². The number of aliphatic carboxylic acids is 1. The third kappa shape index (κ3) is 6.09. The number of rotatable bonds is 8. The van der Waals surface area contributed by atoms with Gasteiger partial charge in [-0.15, -0.1) is 11.8 Å². The van der Waals surface area contributed by atoms with E-state index < -0.39 is 30.1 Å². The van der Waals surface area contributed by atoms with Crippen molar-refractivity contribution in [3.63, 3.8) is 0 Å². The van der Waals surface area contributed by atoms with Crippen molar-refractivity contribution in [2.24, 2.45) is 0 Å². The van der Waals surface area contributed by atoms with Gasteiger partial charge in [0.1, 0.15) is 6.54 Å². The van der Waals surface area contributed by atoms with E-state index in [0.29, 0.717) is 4.90 Å². The maximum absolute atomic E-state index is 13.0. The van der Waals surface area contributed by atoms with Gasteiger partial charge in [0.15, 0.2) is 11.6 Å². The molecule has 8 heteroatoms. The molecule has 0 aliphatic heterocycles. The van der Waals surface area contributed by atoms with Crippen LogP contribution in [0.15, 0.2) is 23.1 Å². The Hall–Kier alpha value is -1.67. The molecule has 1 aromatic rings. The zero-order valence-electron chi connectivity index (χ0n) is 11.3. The van der Waals surface area contributed by atoms with Gasteiger partial charge in [-0.1, -0.05) is 0 Å². The second-order valence-corrected chi connectivity index (χ2v) is 5.12. The summed E-state index contributed by atoms with van der Waals surface area (Å²) < 4.78 is 30.6. The number of carbonyl (C=O) groups excluding carboxylic acids is 1. The summed E-state index contributed by atoms with van der Waals surface area (Å²) >= 11 is 1.01. The summed E-state index contributed by atoms with van der Waals surface area (Å²) in [5, 5.41) is 8.75. The topological polar surface area (TPSA) is 66.8 Å². The number of halogens is 2. The molecule has 0 radical (unpaired) electrons. The van der Waals surface area contributed by atoms with Crippen molar-refractivity contribution >= 4 is 23.6 Å². The standard InChI is InChI=1S/C13H15F2NO4S/c1-20-5-4-16(7-13(18)19)12(17)8-21-9-2-3-10(14)11(15)6-9/h2-3,6H,4-5,7-8H2,1H3,(H,18,19). The van der Waals surface area contributed by atoms with E-state index in [1.807, 2.05) is 0 Å². The quantitative estimate of drug-likeness (QED) is 0.738. The first-order valence-electron chi connectivity index (χ1n) is 6.00. The molecular weight excluding hydrogens is 304 g/mol. The fraction of sp³-hybridized carbons (Fsp3) is 0.385. The maximum atomic E-state index is 13.0. The molecular formula is C13H15F2NO4S. The molecule has 0 atom stereocenters. The summed E-state index contributed by atoms with van der Waals surface area (Å²) in [6.07, 6.45) is 0. The van der Waals surface area contributed by atoms with E-state index >= 15 is 0 Å². The van der Waals surface area contributed by atoms with Crippen molar-refractivity contribution in [1.29, 1.82) is 0 Å². The predicted molar refractivity (Wildman–Crippen MR) is 73.2 cm³/mol. The number of nitrogens with zero attached hydrogens (tertiary/aromatic N) is 1. The van der Waals surface area contributed by atoms with E-state index in [2.05, 4.69) is 0 Å². The number of carboxylic acids is 1. The van der Waals surface area contributed by atoms with Gasteiger partial charge in [-0.05, 0) is 18.2 Å². The Morgan fingerprint density at radius 1 is 1.33 bits per heavy atom. The van der Waals surface area contributed by atoms with Gasteiger partial charge in [-0.25, -0.2) is 8.78 Å². The van der Waals surface area contributed by atoms with Crippen LogP contribution in [0.5, 0.6) is 0 Å². The predicted octanol–water partition coefficient (Wildman–Crippen LogP) is 1.62. The van der Waals surface area contributed by atoms with Crippen LogP contribution < -0.4 is 0 Å². The largest absolute Gasteiger partial charge is 0.480 e. The molecule has 0 aliphatic rings. The Morgan fingerprint density at radius 2 is 2.05 bits per heavy atom. The minimum Gasteiger partial charge on any atom is -0.480 e. The van der Waals surface area contributed by atoms with Gasteiger partial charge in [0.2, 0.25) is 5.91 Å². The van der Waals surface area contributed by atoms with Crippen LogP contribution in [0.1, 0.15) is 0 Å². The smallest absolute Gasteiger partial charge is 0.323 e. The van der Waals surface area contributed by atoms with Crippen LogP contribution in [-0.2, 0) is 14.3 Å². The zero-order chi connectivity index (χ0) is 15.8. The van der Waals surface area contributed by atoms with Crippen LogP contribution in [0.25, 0.3) is 0 Å². The van der Waals surface area contributed by atoms with Crippen molar-refractivity contribution in [3.8, 4) is 0 Å². The highest BCUT2D eigenvalue weighted by molar-refractivity contribution is 8.00. The van der Waals surface area contributed by atoms with E-state index in [0.717, 1.165) is 28.8 Å². The Bertz CT molecular complexity index is 513. The Balaban J connectivity index is 2.59. The lowest BCUT2D eigenvalue weighted by Crippen LogP contribution is -2.39. The van der Waals surface area contributed by atoms with E-state index in [4.69, 9.17) is 9.84 Å². The molecule has 116 valence electrons. The average Bonchev–Trinajstić information content (AvgIpc) is 2.44. The minimum atomic E-state index is -1.13. The molecule has 0 fully saturated rings. The molecule has 0 heterocycles. The number of hydrogen-bond donors (Lipinski definition) is 1. The molecule has 0 aliphatic carbocycles. The molecule has 1 rings (SSSR count). The third-order valence-electron chi connectivity index (χ3n) is 2.50. The molecule has 0 unspecified atom stereocenters. The number of thioether (sulfide) groups is 1. The van der Waals surface area contributed by atoms with Gasteiger partial charge in [-0.3, -0.25) is 9.59 Å². The van der Waals surface area contributed by atoms with Crippen molar-refractivity contribution in [3.05, 3.63) is 29.8 Å². The highest BCUT2D eigenvalue weighted by Crippen LogP contribution is 2.20. The first-order chi connectivity index (χ1) is 9.93. The number of amides is 1. The molecule has 0 aromatic heterocycles. The number of carboxylic acid groups (broad SMARTS) is 1. The second kappa shape index (κ2) is 8.58. The molecule has 0 saturated heterocycles. The highest BCUT2D eigenvalue weighted by Gasteiger charge is 2.17. The molecule has 1 N–H and O–H groups in total. The summed E-state index contributed by atoms with van der Waals surface area (Å²) in [6.45, 7) is -0.0602. The summed E-state index contributed by atoms with van der Waals surface area (Å²) in [6, 6.07) is 3.32. The van der Waals surface area contributed by atoms with Crippen LogP contribution in [0.2, 0.25) is 0 Å².